The van der Waals surface area contributed by atoms with E-state index in [1.54, 1.807) is 0 Å². The van der Waals surface area contributed by atoms with E-state index >= 15 is 0 Å². The van der Waals surface area contributed by atoms with Crippen molar-refractivity contribution in [3.8, 4) is 0 Å². The minimum Gasteiger partial charge on any atom is -0.379 e. The highest BCUT2D eigenvalue weighted by Gasteiger charge is 2.28. The third-order valence-electron chi connectivity index (χ3n) is 3.52. The third-order valence-corrected chi connectivity index (χ3v) is 3.52. The Morgan fingerprint density at radius 3 is 2.56 bits per heavy atom. The number of ether oxygens (including phenoxy) is 1. The highest BCUT2D eigenvalue weighted by Crippen LogP contribution is 2.15. The van der Waals surface area contributed by atoms with Crippen molar-refractivity contribution >= 4 is 5.91 Å². The minimum atomic E-state index is -0.0151. The van der Waals surface area contributed by atoms with E-state index in [0.717, 1.165) is 26.3 Å². The molecule has 5 heteroatoms. The zero-order valence-corrected chi connectivity index (χ0v) is 12.1. The summed E-state index contributed by atoms with van der Waals surface area (Å²) < 4.78 is 5.35. The Labute approximate surface area is 110 Å². The summed E-state index contributed by atoms with van der Waals surface area (Å²) in [5.74, 6) is 0.126. The molecule has 0 saturated carbocycles. The van der Waals surface area contributed by atoms with Gasteiger partial charge < -0.3 is 15.4 Å². The van der Waals surface area contributed by atoms with Crippen LogP contribution < -0.4 is 10.6 Å². The highest BCUT2D eigenvalue weighted by molar-refractivity contribution is 5.78. The maximum absolute atomic E-state index is 11.9. The van der Waals surface area contributed by atoms with Crippen LogP contribution in [0.15, 0.2) is 0 Å². The Hall–Kier alpha value is -0.650. The van der Waals surface area contributed by atoms with Gasteiger partial charge in [-0.1, -0.05) is 6.92 Å². The molecule has 5 nitrogen and oxygen atoms in total. The van der Waals surface area contributed by atoms with Crippen LogP contribution in [0.5, 0.6) is 0 Å². The summed E-state index contributed by atoms with van der Waals surface area (Å²) in [6.07, 6.45) is 0. The fraction of sp³-hybridized carbons (Fsp3) is 0.923. The maximum atomic E-state index is 11.9. The molecule has 0 bridgehead atoms. The molecule has 1 heterocycles. The van der Waals surface area contributed by atoms with E-state index in [2.05, 4.69) is 29.4 Å². The molecule has 106 valence electrons. The third kappa shape index (κ3) is 4.55. The van der Waals surface area contributed by atoms with E-state index in [4.69, 9.17) is 4.74 Å². The van der Waals surface area contributed by atoms with Crippen molar-refractivity contribution in [1.29, 1.82) is 0 Å². The molecule has 1 aliphatic rings. The van der Waals surface area contributed by atoms with Crippen LogP contribution in [0.3, 0.4) is 0 Å². The second-order valence-electron chi connectivity index (χ2n) is 5.59. The quantitative estimate of drug-likeness (QED) is 0.707. The lowest BCUT2D eigenvalue weighted by atomic mass is 10.0. The molecule has 18 heavy (non-hydrogen) atoms. The van der Waals surface area contributed by atoms with E-state index in [9.17, 15) is 4.79 Å². The zero-order chi connectivity index (χ0) is 13.6. The molecule has 1 aliphatic heterocycles. The lowest BCUT2D eigenvalue weighted by Gasteiger charge is -2.41. The first kappa shape index (κ1) is 15.4. The molecule has 1 saturated heterocycles. The number of nitrogens with zero attached hydrogens (tertiary/aromatic N) is 1. The van der Waals surface area contributed by atoms with E-state index < -0.39 is 0 Å². The monoisotopic (exact) mass is 257 g/mol. The van der Waals surface area contributed by atoms with Gasteiger partial charge in [0.25, 0.3) is 0 Å². The molecule has 0 spiro atoms. The van der Waals surface area contributed by atoms with Gasteiger partial charge in [0.05, 0.1) is 13.2 Å². The van der Waals surface area contributed by atoms with Gasteiger partial charge in [-0.2, -0.15) is 0 Å². The van der Waals surface area contributed by atoms with Crippen LogP contribution in [0.2, 0.25) is 0 Å². The Morgan fingerprint density at radius 1 is 1.39 bits per heavy atom. The lowest BCUT2D eigenvalue weighted by Crippen LogP contribution is -2.56. The molecule has 1 rings (SSSR count). The Kier molecular flexibility index (Phi) is 6.05. The molecule has 1 unspecified atom stereocenters. The Balaban J connectivity index is 2.38. The van der Waals surface area contributed by atoms with Gasteiger partial charge in [-0.3, -0.25) is 9.69 Å². The lowest BCUT2D eigenvalue weighted by molar-refractivity contribution is -0.125. The molecule has 0 aromatic rings. The van der Waals surface area contributed by atoms with Crippen molar-refractivity contribution in [3.05, 3.63) is 0 Å². The molecule has 0 aliphatic carbocycles. The first-order chi connectivity index (χ1) is 8.47. The number of amides is 1. The predicted octanol–water partition coefficient (Wildman–Crippen LogP) is 0.0689. The van der Waals surface area contributed by atoms with Crippen molar-refractivity contribution < 1.29 is 9.53 Å². The van der Waals surface area contributed by atoms with Crippen molar-refractivity contribution in [1.82, 2.24) is 15.5 Å². The summed E-state index contributed by atoms with van der Waals surface area (Å²) in [5, 5.41) is 6.06. The number of carbonyl (C=O) groups is 1. The van der Waals surface area contributed by atoms with Crippen LogP contribution in [0.25, 0.3) is 0 Å². The molecule has 0 aromatic carbocycles. The van der Waals surface area contributed by atoms with Gasteiger partial charge in [0.1, 0.15) is 0 Å². The first-order valence-corrected chi connectivity index (χ1v) is 6.72. The topological polar surface area (TPSA) is 53.6 Å². The summed E-state index contributed by atoms with van der Waals surface area (Å²) >= 11 is 0. The van der Waals surface area contributed by atoms with Crippen LogP contribution in [0.4, 0.5) is 0 Å². The van der Waals surface area contributed by atoms with Crippen molar-refractivity contribution in [2.75, 3.05) is 46.4 Å². The van der Waals surface area contributed by atoms with Crippen LogP contribution in [-0.4, -0.2) is 62.8 Å². The number of carbonyl (C=O) groups excluding carboxylic acids is 1. The normalized spacial score (nSPS) is 19.6. The van der Waals surface area contributed by atoms with E-state index in [-0.39, 0.29) is 17.4 Å². The largest absolute Gasteiger partial charge is 0.379 e. The van der Waals surface area contributed by atoms with Gasteiger partial charge >= 0.3 is 0 Å². The van der Waals surface area contributed by atoms with Gasteiger partial charge in [0, 0.05) is 37.6 Å². The van der Waals surface area contributed by atoms with E-state index in [1.807, 2.05) is 14.0 Å². The van der Waals surface area contributed by atoms with Gasteiger partial charge in [-0.05, 0) is 20.9 Å². The summed E-state index contributed by atoms with van der Waals surface area (Å²) in [6, 6.07) is 0. The predicted molar refractivity (Wildman–Crippen MR) is 72.6 cm³/mol. The molecular formula is C13H27N3O2. The second-order valence-corrected chi connectivity index (χ2v) is 5.59. The standard InChI is InChI=1S/C13H27N3O2/c1-11(9-14-4)12(17)15-10-13(2,3)16-5-7-18-8-6-16/h11,14H,5-10H2,1-4H3,(H,15,17). The molecule has 1 atom stereocenters. The number of morpholine rings is 1. The van der Waals surface area contributed by atoms with Crippen LogP contribution >= 0.6 is 0 Å². The van der Waals surface area contributed by atoms with Crippen LogP contribution in [-0.2, 0) is 9.53 Å². The van der Waals surface area contributed by atoms with Crippen molar-refractivity contribution in [2.24, 2.45) is 5.92 Å². The number of hydrogen-bond donors (Lipinski definition) is 2. The average molecular weight is 257 g/mol. The van der Waals surface area contributed by atoms with E-state index in [0.29, 0.717) is 13.1 Å². The molecule has 1 fully saturated rings. The average Bonchev–Trinajstić information content (AvgIpc) is 2.37. The van der Waals surface area contributed by atoms with Crippen molar-refractivity contribution in [2.45, 2.75) is 26.3 Å². The van der Waals surface area contributed by atoms with Crippen molar-refractivity contribution in [3.63, 3.8) is 0 Å². The highest BCUT2D eigenvalue weighted by atomic mass is 16.5. The smallest absolute Gasteiger partial charge is 0.224 e. The summed E-state index contributed by atoms with van der Waals surface area (Å²) in [4.78, 5) is 14.2. The number of hydrogen-bond acceptors (Lipinski definition) is 4. The minimum absolute atomic E-state index is 0.00971. The van der Waals surface area contributed by atoms with Gasteiger partial charge in [0.2, 0.25) is 5.91 Å². The Morgan fingerprint density at radius 2 is 2.00 bits per heavy atom. The summed E-state index contributed by atoms with van der Waals surface area (Å²) in [7, 11) is 1.86. The molecular weight excluding hydrogens is 230 g/mol. The SMILES string of the molecule is CNCC(C)C(=O)NCC(C)(C)N1CCOCC1. The fourth-order valence-electron chi connectivity index (χ4n) is 2.16. The maximum Gasteiger partial charge on any atom is 0.224 e. The van der Waals surface area contributed by atoms with Crippen LogP contribution in [0.1, 0.15) is 20.8 Å². The van der Waals surface area contributed by atoms with Gasteiger partial charge in [-0.15, -0.1) is 0 Å². The second kappa shape index (κ2) is 7.07. The van der Waals surface area contributed by atoms with Crippen LogP contribution in [0, 0.1) is 5.92 Å². The molecule has 1 amide bonds. The summed E-state index contributed by atoms with van der Waals surface area (Å²) in [6.45, 7) is 11.1. The van der Waals surface area contributed by atoms with Gasteiger partial charge in [-0.25, -0.2) is 0 Å². The fourth-order valence-corrected chi connectivity index (χ4v) is 2.16. The first-order valence-electron chi connectivity index (χ1n) is 6.72. The number of nitrogens with one attached hydrogen (secondary N) is 2. The number of rotatable bonds is 6. The molecule has 0 aromatic heterocycles. The molecule has 0 radical (unpaired) electrons. The Bertz CT molecular complexity index is 263. The molecule has 2 N–H and O–H groups in total. The van der Waals surface area contributed by atoms with E-state index in [1.165, 1.54) is 0 Å². The van der Waals surface area contributed by atoms with Gasteiger partial charge in [0.15, 0.2) is 0 Å². The summed E-state index contributed by atoms with van der Waals surface area (Å²) in [5.41, 5.74) is -0.0151. The zero-order valence-electron chi connectivity index (χ0n) is 12.1.